The molecule has 0 saturated carbocycles. The van der Waals surface area contributed by atoms with Gasteiger partial charge in [-0.1, -0.05) is 15.9 Å². The van der Waals surface area contributed by atoms with Gasteiger partial charge in [-0.25, -0.2) is 0 Å². The summed E-state index contributed by atoms with van der Waals surface area (Å²) >= 11 is 3.55. The lowest BCUT2D eigenvalue weighted by Crippen LogP contribution is -2.45. The van der Waals surface area contributed by atoms with E-state index in [0.717, 1.165) is 21.2 Å². The van der Waals surface area contributed by atoms with Crippen molar-refractivity contribution in [1.29, 1.82) is 0 Å². The third-order valence-electron chi connectivity index (χ3n) is 3.19. The monoisotopic (exact) mass is 328 g/mol. The summed E-state index contributed by atoms with van der Waals surface area (Å²) in [6, 6.07) is 0. The van der Waals surface area contributed by atoms with Crippen molar-refractivity contribution in [1.82, 2.24) is 0 Å². The summed E-state index contributed by atoms with van der Waals surface area (Å²) in [7, 11) is 1.60. The van der Waals surface area contributed by atoms with E-state index < -0.39 is 5.54 Å². The molecule has 5 heteroatoms. The van der Waals surface area contributed by atoms with Gasteiger partial charge in [0.25, 0.3) is 0 Å². The van der Waals surface area contributed by atoms with Crippen LogP contribution in [0.5, 0.6) is 5.75 Å². The number of hydrogen-bond donors (Lipinski definition) is 2. The first-order chi connectivity index (χ1) is 8.61. The quantitative estimate of drug-likeness (QED) is 0.896. The normalized spacial score (nSPS) is 11.4. The van der Waals surface area contributed by atoms with Crippen LogP contribution in [0.15, 0.2) is 4.47 Å². The summed E-state index contributed by atoms with van der Waals surface area (Å²) in [4.78, 5) is 12.1. The summed E-state index contributed by atoms with van der Waals surface area (Å²) < 4.78 is 6.40. The SMILES string of the molecule is COc1c(C)c(C)c(Br)c(C)c1NC(=O)C(C)(C)N. The van der Waals surface area contributed by atoms with Crippen molar-refractivity contribution < 1.29 is 9.53 Å². The number of nitrogens with one attached hydrogen (secondary N) is 1. The van der Waals surface area contributed by atoms with Crippen molar-refractivity contribution in [2.24, 2.45) is 5.73 Å². The maximum Gasteiger partial charge on any atom is 0.243 e. The Morgan fingerprint density at radius 2 is 1.74 bits per heavy atom. The first-order valence-corrected chi connectivity index (χ1v) is 6.84. The van der Waals surface area contributed by atoms with E-state index >= 15 is 0 Å². The zero-order valence-corrected chi connectivity index (χ0v) is 13.9. The molecular weight excluding hydrogens is 308 g/mol. The van der Waals surface area contributed by atoms with Crippen molar-refractivity contribution in [3.05, 3.63) is 21.2 Å². The van der Waals surface area contributed by atoms with E-state index in [2.05, 4.69) is 21.2 Å². The van der Waals surface area contributed by atoms with Gasteiger partial charge in [-0.15, -0.1) is 0 Å². The number of carbonyl (C=O) groups is 1. The number of amides is 1. The fourth-order valence-corrected chi connectivity index (χ4v) is 2.26. The molecule has 0 saturated heterocycles. The van der Waals surface area contributed by atoms with Gasteiger partial charge in [0.2, 0.25) is 5.91 Å². The molecule has 1 rings (SSSR count). The molecule has 0 spiro atoms. The van der Waals surface area contributed by atoms with Gasteiger partial charge in [-0.2, -0.15) is 0 Å². The number of hydrogen-bond acceptors (Lipinski definition) is 3. The van der Waals surface area contributed by atoms with Crippen LogP contribution in [0.2, 0.25) is 0 Å². The van der Waals surface area contributed by atoms with Crippen LogP contribution < -0.4 is 15.8 Å². The van der Waals surface area contributed by atoms with Gasteiger partial charge in [-0.3, -0.25) is 4.79 Å². The molecule has 3 N–H and O–H groups in total. The highest BCUT2D eigenvalue weighted by Gasteiger charge is 2.25. The number of halogens is 1. The van der Waals surface area contributed by atoms with Gasteiger partial charge in [0.15, 0.2) is 0 Å². The Kier molecular flexibility index (Phi) is 4.63. The van der Waals surface area contributed by atoms with Crippen LogP contribution >= 0.6 is 15.9 Å². The Morgan fingerprint density at radius 3 is 2.16 bits per heavy atom. The average Bonchev–Trinajstić information content (AvgIpc) is 2.32. The van der Waals surface area contributed by atoms with Gasteiger partial charge in [0, 0.05) is 4.47 Å². The molecule has 1 aromatic rings. The molecule has 106 valence electrons. The van der Waals surface area contributed by atoms with Crippen molar-refractivity contribution in [2.45, 2.75) is 40.2 Å². The fraction of sp³-hybridized carbons (Fsp3) is 0.500. The molecule has 0 aromatic heterocycles. The second-order valence-electron chi connectivity index (χ2n) is 5.27. The molecule has 1 amide bonds. The first kappa shape index (κ1) is 16.0. The van der Waals surface area contributed by atoms with Gasteiger partial charge in [-0.05, 0) is 51.3 Å². The number of rotatable bonds is 3. The second kappa shape index (κ2) is 5.51. The van der Waals surface area contributed by atoms with Crippen LogP contribution in [-0.4, -0.2) is 18.6 Å². The van der Waals surface area contributed by atoms with Crippen molar-refractivity contribution >= 4 is 27.5 Å². The summed E-state index contributed by atoms with van der Waals surface area (Å²) in [5, 5.41) is 2.86. The first-order valence-electron chi connectivity index (χ1n) is 6.04. The molecular formula is C14H21BrN2O2. The van der Waals surface area contributed by atoms with Gasteiger partial charge in [0.05, 0.1) is 18.3 Å². The lowest BCUT2D eigenvalue weighted by atomic mass is 10.0. The predicted molar refractivity (Wildman–Crippen MR) is 81.8 cm³/mol. The highest BCUT2D eigenvalue weighted by atomic mass is 79.9. The van der Waals surface area contributed by atoms with E-state index in [0.29, 0.717) is 11.4 Å². The minimum absolute atomic E-state index is 0.246. The molecule has 0 aliphatic heterocycles. The minimum atomic E-state index is -0.942. The predicted octanol–water partition coefficient (Wildman–Crippen LogP) is 3.06. The van der Waals surface area contributed by atoms with E-state index in [1.54, 1.807) is 21.0 Å². The van der Waals surface area contributed by atoms with Crippen LogP contribution in [0.3, 0.4) is 0 Å². The van der Waals surface area contributed by atoms with E-state index in [1.807, 2.05) is 20.8 Å². The Bertz CT molecular complexity index is 519. The highest BCUT2D eigenvalue weighted by molar-refractivity contribution is 9.10. The Morgan fingerprint density at radius 1 is 1.21 bits per heavy atom. The number of anilines is 1. The molecule has 0 fully saturated rings. The van der Waals surface area contributed by atoms with Crippen LogP contribution in [0.1, 0.15) is 30.5 Å². The molecule has 0 heterocycles. The van der Waals surface area contributed by atoms with Crippen LogP contribution in [0.4, 0.5) is 5.69 Å². The van der Waals surface area contributed by atoms with E-state index in [1.165, 1.54) is 0 Å². The summed E-state index contributed by atoms with van der Waals surface area (Å²) in [6.45, 7) is 9.23. The molecule has 19 heavy (non-hydrogen) atoms. The molecule has 0 unspecified atom stereocenters. The van der Waals surface area contributed by atoms with Crippen LogP contribution in [-0.2, 0) is 4.79 Å². The lowest BCUT2D eigenvalue weighted by Gasteiger charge is -2.23. The Labute approximate surface area is 122 Å². The minimum Gasteiger partial charge on any atom is -0.494 e. The van der Waals surface area contributed by atoms with Crippen LogP contribution in [0, 0.1) is 20.8 Å². The topological polar surface area (TPSA) is 64.3 Å². The molecule has 1 aromatic carbocycles. The highest BCUT2D eigenvalue weighted by Crippen LogP contribution is 2.40. The van der Waals surface area contributed by atoms with Gasteiger partial charge >= 0.3 is 0 Å². The van der Waals surface area contributed by atoms with Gasteiger partial charge in [0.1, 0.15) is 5.75 Å². The number of nitrogens with two attached hydrogens (primary N) is 1. The fourth-order valence-electron chi connectivity index (χ4n) is 1.76. The maximum absolute atomic E-state index is 12.1. The molecule has 0 radical (unpaired) electrons. The zero-order valence-electron chi connectivity index (χ0n) is 12.3. The second-order valence-corrected chi connectivity index (χ2v) is 6.07. The lowest BCUT2D eigenvalue weighted by molar-refractivity contribution is -0.120. The van der Waals surface area contributed by atoms with Crippen molar-refractivity contribution in [3.63, 3.8) is 0 Å². The Hall–Kier alpha value is -1.07. The Balaban J connectivity index is 3.39. The van der Waals surface area contributed by atoms with Crippen molar-refractivity contribution in [2.75, 3.05) is 12.4 Å². The largest absolute Gasteiger partial charge is 0.494 e. The molecule has 0 bridgehead atoms. The molecule has 0 aliphatic rings. The van der Waals surface area contributed by atoms with E-state index in [-0.39, 0.29) is 5.91 Å². The van der Waals surface area contributed by atoms with Crippen LogP contribution in [0.25, 0.3) is 0 Å². The number of carbonyl (C=O) groups excluding carboxylic acids is 1. The summed E-state index contributed by atoms with van der Waals surface area (Å²) in [6.07, 6.45) is 0. The molecule has 0 aliphatic carbocycles. The average molecular weight is 329 g/mol. The third-order valence-corrected chi connectivity index (χ3v) is 4.38. The molecule has 4 nitrogen and oxygen atoms in total. The number of ether oxygens (including phenoxy) is 1. The summed E-state index contributed by atoms with van der Waals surface area (Å²) in [5.41, 5.74) is 8.55. The van der Waals surface area contributed by atoms with E-state index in [9.17, 15) is 4.79 Å². The third kappa shape index (κ3) is 3.09. The smallest absolute Gasteiger partial charge is 0.243 e. The summed E-state index contributed by atoms with van der Waals surface area (Å²) in [5.74, 6) is 0.430. The van der Waals surface area contributed by atoms with Gasteiger partial charge < -0.3 is 15.8 Å². The van der Waals surface area contributed by atoms with E-state index in [4.69, 9.17) is 10.5 Å². The maximum atomic E-state index is 12.1. The number of benzene rings is 1. The zero-order chi connectivity index (χ0) is 15.0. The molecule has 0 atom stereocenters. The standard InChI is InChI=1S/C14H21BrN2O2/c1-7-8(2)12(19-6)11(9(3)10(7)15)17-13(18)14(4,5)16/h16H2,1-6H3,(H,17,18). The van der Waals surface area contributed by atoms with Crippen molar-refractivity contribution in [3.8, 4) is 5.75 Å². The number of methoxy groups -OCH3 is 1.